The highest BCUT2D eigenvalue weighted by Gasteiger charge is 2.18. The maximum absolute atomic E-state index is 13.0. The lowest BCUT2D eigenvalue weighted by molar-refractivity contribution is 0.0720. The third-order valence-electron chi connectivity index (χ3n) is 3.97. The Labute approximate surface area is 148 Å². The number of rotatable bonds is 6. The van der Waals surface area contributed by atoms with Crippen LogP contribution in [0.1, 0.15) is 29.9 Å². The molecule has 0 aliphatic heterocycles. The van der Waals surface area contributed by atoms with Gasteiger partial charge >= 0.3 is 0 Å². The Hall–Kier alpha value is -2.88. The molecule has 0 saturated carbocycles. The van der Waals surface area contributed by atoms with Crippen LogP contribution in [0.5, 0.6) is 0 Å². The van der Waals surface area contributed by atoms with E-state index in [1.807, 2.05) is 76.5 Å². The molecule has 0 atom stereocenters. The Morgan fingerprint density at radius 2 is 1.76 bits per heavy atom. The van der Waals surface area contributed by atoms with Gasteiger partial charge in [-0.2, -0.15) is 0 Å². The summed E-state index contributed by atoms with van der Waals surface area (Å²) in [6.07, 6.45) is 5.74. The summed E-state index contributed by atoms with van der Waals surface area (Å²) >= 11 is 0. The zero-order valence-corrected chi connectivity index (χ0v) is 14.7. The average molecular weight is 333 g/mol. The Balaban J connectivity index is 1.79. The number of hydrogen-bond acceptors (Lipinski definition) is 2. The van der Waals surface area contributed by atoms with Crippen molar-refractivity contribution in [2.75, 3.05) is 6.54 Å². The molecule has 0 aliphatic carbocycles. The molecule has 3 aromatic rings. The lowest BCUT2D eigenvalue weighted by atomic mass is 10.1. The lowest BCUT2D eigenvalue weighted by Crippen LogP contribution is -2.34. The van der Waals surface area contributed by atoms with E-state index in [4.69, 9.17) is 0 Å². The summed E-state index contributed by atoms with van der Waals surface area (Å²) in [5.74, 6) is 0.435. The standard InChI is InChI=1S/C21H23N3O/c1-17(2)15-24(16-19-7-3-4-12-22-19)21(25)18-8-10-20(11-9-18)23-13-5-6-14-23/h3-14,17H,15-16H2,1-2H3. The fraction of sp³-hybridized carbons (Fsp3) is 0.238. The highest BCUT2D eigenvalue weighted by atomic mass is 16.2. The zero-order chi connectivity index (χ0) is 17.6. The van der Waals surface area contributed by atoms with Crippen molar-refractivity contribution in [3.63, 3.8) is 0 Å². The van der Waals surface area contributed by atoms with E-state index in [1.165, 1.54) is 0 Å². The van der Waals surface area contributed by atoms with Gasteiger partial charge in [0.05, 0.1) is 12.2 Å². The molecular weight excluding hydrogens is 310 g/mol. The third-order valence-corrected chi connectivity index (χ3v) is 3.97. The molecule has 2 aromatic heterocycles. The van der Waals surface area contributed by atoms with Crippen LogP contribution in [0.4, 0.5) is 0 Å². The van der Waals surface area contributed by atoms with Crippen molar-refractivity contribution in [3.8, 4) is 5.69 Å². The fourth-order valence-electron chi connectivity index (χ4n) is 2.81. The van der Waals surface area contributed by atoms with Crippen LogP contribution in [0.2, 0.25) is 0 Å². The summed E-state index contributed by atoms with van der Waals surface area (Å²) in [5.41, 5.74) is 2.65. The van der Waals surface area contributed by atoms with E-state index in [2.05, 4.69) is 18.8 Å². The first-order valence-electron chi connectivity index (χ1n) is 8.56. The van der Waals surface area contributed by atoms with E-state index in [-0.39, 0.29) is 5.91 Å². The summed E-state index contributed by atoms with van der Waals surface area (Å²) in [5, 5.41) is 0. The minimum absolute atomic E-state index is 0.0402. The van der Waals surface area contributed by atoms with Gasteiger partial charge in [0, 0.05) is 36.4 Å². The van der Waals surface area contributed by atoms with E-state index in [0.717, 1.165) is 11.4 Å². The minimum Gasteiger partial charge on any atom is -0.332 e. The Kier molecular flexibility index (Phi) is 5.29. The van der Waals surface area contributed by atoms with Gasteiger partial charge in [0.25, 0.3) is 5.91 Å². The van der Waals surface area contributed by atoms with E-state index >= 15 is 0 Å². The number of aromatic nitrogens is 2. The van der Waals surface area contributed by atoms with Gasteiger partial charge in [0.2, 0.25) is 0 Å². The normalized spacial score (nSPS) is 10.8. The van der Waals surface area contributed by atoms with Gasteiger partial charge in [-0.25, -0.2) is 0 Å². The summed E-state index contributed by atoms with van der Waals surface area (Å²) in [4.78, 5) is 19.2. The van der Waals surface area contributed by atoms with Crippen molar-refractivity contribution < 1.29 is 4.79 Å². The molecular formula is C21H23N3O. The zero-order valence-electron chi connectivity index (χ0n) is 14.7. The van der Waals surface area contributed by atoms with Crippen molar-refractivity contribution in [2.45, 2.75) is 20.4 Å². The highest BCUT2D eigenvalue weighted by molar-refractivity contribution is 5.94. The summed E-state index contributed by atoms with van der Waals surface area (Å²) in [6.45, 7) is 5.47. The Bertz CT molecular complexity index is 793. The van der Waals surface area contributed by atoms with Crippen molar-refractivity contribution in [1.82, 2.24) is 14.5 Å². The van der Waals surface area contributed by atoms with E-state index < -0.39 is 0 Å². The maximum atomic E-state index is 13.0. The largest absolute Gasteiger partial charge is 0.332 e. The van der Waals surface area contributed by atoms with Crippen LogP contribution >= 0.6 is 0 Å². The Morgan fingerprint density at radius 1 is 1.04 bits per heavy atom. The van der Waals surface area contributed by atoms with Crippen LogP contribution in [-0.2, 0) is 6.54 Å². The van der Waals surface area contributed by atoms with Crippen molar-refractivity contribution in [1.29, 1.82) is 0 Å². The van der Waals surface area contributed by atoms with Gasteiger partial charge in [-0.15, -0.1) is 0 Å². The number of carbonyl (C=O) groups is 1. The number of hydrogen-bond donors (Lipinski definition) is 0. The van der Waals surface area contributed by atoms with Crippen molar-refractivity contribution in [3.05, 3.63) is 84.4 Å². The molecule has 128 valence electrons. The van der Waals surface area contributed by atoms with Crippen LogP contribution in [0.25, 0.3) is 5.69 Å². The monoisotopic (exact) mass is 333 g/mol. The van der Waals surface area contributed by atoms with Crippen LogP contribution in [0.15, 0.2) is 73.2 Å². The van der Waals surface area contributed by atoms with Crippen molar-refractivity contribution in [2.24, 2.45) is 5.92 Å². The molecule has 3 rings (SSSR count). The van der Waals surface area contributed by atoms with E-state index in [1.54, 1.807) is 6.20 Å². The van der Waals surface area contributed by atoms with Crippen LogP contribution in [-0.4, -0.2) is 26.9 Å². The molecule has 4 nitrogen and oxygen atoms in total. The van der Waals surface area contributed by atoms with Gasteiger partial charge in [-0.1, -0.05) is 19.9 Å². The maximum Gasteiger partial charge on any atom is 0.254 e. The molecule has 0 bridgehead atoms. The average Bonchev–Trinajstić information content (AvgIpc) is 3.16. The number of pyridine rings is 1. The molecule has 0 radical (unpaired) electrons. The molecule has 0 aliphatic rings. The molecule has 0 unspecified atom stereocenters. The van der Waals surface area contributed by atoms with Crippen LogP contribution < -0.4 is 0 Å². The topological polar surface area (TPSA) is 38.1 Å². The minimum atomic E-state index is 0.0402. The second-order valence-corrected chi connectivity index (χ2v) is 6.54. The first-order chi connectivity index (χ1) is 12.1. The molecule has 0 fully saturated rings. The van der Waals surface area contributed by atoms with E-state index in [0.29, 0.717) is 24.6 Å². The van der Waals surface area contributed by atoms with Gasteiger partial charge in [0.1, 0.15) is 0 Å². The van der Waals surface area contributed by atoms with Gasteiger partial charge in [-0.3, -0.25) is 9.78 Å². The highest BCUT2D eigenvalue weighted by Crippen LogP contribution is 2.14. The Morgan fingerprint density at radius 3 is 2.36 bits per heavy atom. The number of carbonyl (C=O) groups excluding carboxylic acids is 1. The molecule has 25 heavy (non-hydrogen) atoms. The molecule has 0 spiro atoms. The molecule has 0 saturated heterocycles. The lowest BCUT2D eigenvalue weighted by Gasteiger charge is -2.24. The molecule has 1 amide bonds. The molecule has 2 heterocycles. The fourth-order valence-corrected chi connectivity index (χ4v) is 2.81. The predicted octanol–water partition coefficient (Wildman–Crippen LogP) is 4.17. The van der Waals surface area contributed by atoms with Crippen molar-refractivity contribution >= 4 is 5.91 Å². The molecule has 1 aromatic carbocycles. The summed E-state index contributed by atoms with van der Waals surface area (Å²) in [6, 6.07) is 17.5. The smallest absolute Gasteiger partial charge is 0.254 e. The third kappa shape index (κ3) is 4.35. The second-order valence-electron chi connectivity index (χ2n) is 6.54. The van der Waals surface area contributed by atoms with Gasteiger partial charge in [0.15, 0.2) is 0 Å². The van der Waals surface area contributed by atoms with Crippen LogP contribution in [0, 0.1) is 5.92 Å². The quantitative estimate of drug-likeness (QED) is 0.679. The van der Waals surface area contributed by atoms with Gasteiger partial charge < -0.3 is 9.47 Å². The molecule has 0 N–H and O–H groups in total. The molecule has 4 heteroatoms. The first kappa shape index (κ1) is 17.0. The van der Waals surface area contributed by atoms with E-state index in [9.17, 15) is 4.79 Å². The predicted molar refractivity (Wildman–Crippen MR) is 99.6 cm³/mol. The second kappa shape index (κ2) is 7.79. The van der Waals surface area contributed by atoms with Gasteiger partial charge in [-0.05, 0) is 54.4 Å². The van der Waals surface area contributed by atoms with Crippen LogP contribution in [0.3, 0.4) is 0 Å². The number of nitrogens with zero attached hydrogens (tertiary/aromatic N) is 3. The summed E-state index contributed by atoms with van der Waals surface area (Å²) < 4.78 is 2.02. The number of benzene rings is 1. The number of amides is 1. The SMILES string of the molecule is CC(C)CN(Cc1ccccn1)C(=O)c1ccc(-n2cccc2)cc1. The first-order valence-corrected chi connectivity index (χ1v) is 8.56. The summed E-state index contributed by atoms with van der Waals surface area (Å²) in [7, 11) is 0.